The van der Waals surface area contributed by atoms with E-state index in [-0.39, 0.29) is 25.0 Å². The van der Waals surface area contributed by atoms with Gasteiger partial charge in [0.1, 0.15) is 0 Å². The lowest BCUT2D eigenvalue weighted by Crippen LogP contribution is -2.47. The third-order valence-electron chi connectivity index (χ3n) is 4.05. The molecular weight excluding hydrogens is 270 g/mol. The highest BCUT2D eigenvalue weighted by Crippen LogP contribution is 2.23. The summed E-state index contributed by atoms with van der Waals surface area (Å²) in [5.41, 5.74) is 0. The molecule has 2 atom stereocenters. The number of carbonyl (C=O) groups excluding carboxylic acids is 1. The maximum Gasteiger partial charge on any atom is 0.317 e. The van der Waals surface area contributed by atoms with Crippen LogP contribution < -0.4 is 5.32 Å². The van der Waals surface area contributed by atoms with Crippen molar-refractivity contribution in [1.82, 2.24) is 15.1 Å². The average Bonchev–Trinajstić information content (AvgIpc) is 2.38. The number of amides is 1. The smallest absolute Gasteiger partial charge is 0.317 e. The van der Waals surface area contributed by atoms with E-state index in [1.807, 2.05) is 19.0 Å². The lowest BCUT2D eigenvalue weighted by atomic mass is 9.86. The van der Waals surface area contributed by atoms with Gasteiger partial charge in [0, 0.05) is 19.1 Å². The van der Waals surface area contributed by atoms with Gasteiger partial charge in [0.05, 0.1) is 13.1 Å². The third-order valence-corrected chi connectivity index (χ3v) is 4.05. The topological polar surface area (TPSA) is 72.9 Å². The second-order valence-electron chi connectivity index (χ2n) is 6.34. The van der Waals surface area contributed by atoms with E-state index < -0.39 is 5.97 Å². The molecule has 0 aliphatic heterocycles. The fraction of sp³-hybridized carbons (Fsp3) is 0.867. The Hall–Kier alpha value is -1.14. The lowest BCUT2D eigenvalue weighted by molar-refractivity contribution is -0.138. The van der Waals surface area contributed by atoms with Crippen LogP contribution in [0.25, 0.3) is 0 Å². The van der Waals surface area contributed by atoms with Gasteiger partial charge in [-0.05, 0) is 32.9 Å². The number of carbonyl (C=O) groups is 2. The predicted octanol–water partition coefficient (Wildman–Crippen LogP) is 0.630. The van der Waals surface area contributed by atoms with Crippen LogP contribution in [-0.2, 0) is 9.59 Å². The zero-order valence-corrected chi connectivity index (χ0v) is 13.5. The van der Waals surface area contributed by atoms with Crippen LogP contribution >= 0.6 is 0 Å². The first-order valence-corrected chi connectivity index (χ1v) is 7.76. The Balaban J connectivity index is 2.44. The SMILES string of the molecule is CC1CCCCC1NC(=O)CN(CCN(C)C)CC(=O)O. The molecule has 2 unspecified atom stereocenters. The number of nitrogens with one attached hydrogen (secondary N) is 1. The normalized spacial score (nSPS) is 22.5. The Morgan fingerprint density at radius 3 is 2.38 bits per heavy atom. The highest BCUT2D eigenvalue weighted by Gasteiger charge is 2.23. The van der Waals surface area contributed by atoms with Crippen LogP contribution in [0.15, 0.2) is 0 Å². The zero-order valence-electron chi connectivity index (χ0n) is 13.5. The molecule has 0 saturated heterocycles. The Morgan fingerprint density at radius 2 is 1.81 bits per heavy atom. The zero-order chi connectivity index (χ0) is 15.8. The fourth-order valence-corrected chi connectivity index (χ4v) is 2.73. The molecule has 0 spiro atoms. The number of likely N-dealkylation sites (N-methyl/N-ethyl adjacent to an activating group) is 1. The molecule has 6 nitrogen and oxygen atoms in total. The van der Waals surface area contributed by atoms with Crippen LogP contribution in [0, 0.1) is 5.92 Å². The minimum atomic E-state index is -0.896. The van der Waals surface area contributed by atoms with Crippen molar-refractivity contribution in [3.05, 3.63) is 0 Å². The molecule has 1 rings (SSSR count). The molecule has 1 amide bonds. The molecule has 1 saturated carbocycles. The minimum absolute atomic E-state index is 0.0613. The summed E-state index contributed by atoms with van der Waals surface area (Å²) < 4.78 is 0. The van der Waals surface area contributed by atoms with Gasteiger partial charge in [0.15, 0.2) is 0 Å². The molecule has 21 heavy (non-hydrogen) atoms. The monoisotopic (exact) mass is 299 g/mol. The van der Waals surface area contributed by atoms with Gasteiger partial charge >= 0.3 is 5.97 Å². The number of rotatable bonds is 8. The Kier molecular flexibility index (Phi) is 7.67. The second-order valence-corrected chi connectivity index (χ2v) is 6.34. The van der Waals surface area contributed by atoms with E-state index >= 15 is 0 Å². The molecule has 122 valence electrons. The molecule has 0 heterocycles. The van der Waals surface area contributed by atoms with Crippen LogP contribution in [0.5, 0.6) is 0 Å². The van der Waals surface area contributed by atoms with Crippen LogP contribution in [0.4, 0.5) is 0 Å². The first-order valence-electron chi connectivity index (χ1n) is 7.76. The van der Waals surface area contributed by atoms with E-state index in [9.17, 15) is 9.59 Å². The molecular formula is C15H29N3O3. The van der Waals surface area contributed by atoms with Gasteiger partial charge in [-0.2, -0.15) is 0 Å². The van der Waals surface area contributed by atoms with Gasteiger partial charge in [-0.3, -0.25) is 14.5 Å². The van der Waals surface area contributed by atoms with E-state index in [0.717, 1.165) is 25.8 Å². The average molecular weight is 299 g/mol. The molecule has 1 fully saturated rings. The van der Waals surface area contributed by atoms with Gasteiger partial charge in [-0.25, -0.2) is 0 Å². The number of nitrogens with zero attached hydrogens (tertiary/aromatic N) is 2. The quantitative estimate of drug-likeness (QED) is 0.688. The molecule has 6 heteroatoms. The van der Waals surface area contributed by atoms with Crippen molar-refractivity contribution in [2.45, 2.75) is 38.6 Å². The van der Waals surface area contributed by atoms with Gasteiger partial charge in [-0.1, -0.05) is 19.8 Å². The van der Waals surface area contributed by atoms with E-state index in [2.05, 4.69) is 12.2 Å². The van der Waals surface area contributed by atoms with Crippen molar-refractivity contribution in [3.8, 4) is 0 Å². The molecule has 0 bridgehead atoms. The summed E-state index contributed by atoms with van der Waals surface area (Å²) in [5, 5.41) is 12.0. The molecule has 0 aromatic heterocycles. The van der Waals surface area contributed by atoms with Crippen LogP contribution in [0.3, 0.4) is 0 Å². The van der Waals surface area contributed by atoms with Crippen LogP contribution in [0.2, 0.25) is 0 Å². The fourth-order valence-electron chi connectivity index (χ4n) is 2.73. The number of carboxylic acid groups (broad SMARTS) is 1. The van der Waals surface area contributed by atoms with Crippen LogP contribution in [-0.4, -0.2) is 73.1 Å². The van der Waals surface area contributed by atoms with Crippen molar-refractivity contribution in [3.63, 3.8) is 0 Å². The van der Waals surface area contributed by atoms with Crippen molar-refractivity contribution in [2.75, 3.05) is 40.3 Å². The summed E-state index contributed by atoms with van der Waals surface area (Å²) in [6, 6.07) is 0.242. The third kappa shape index (κ3) is 7.43. The summed E-state index contributed by atoms with van der Waals surface area (Å²) in [6.07, 6.45) is 4.59. The Bertz CT molecular complexity index is 347. The van der Waals surface area contributed by atoms with Crippen LogP contribution in [0.1, 0.15) is 32.6 Å². The second kappa shape index (κ2) is 9.00. The minimum Gasteiger partial charge on any atom is -0.480 e. The Labute approximate surface area is 127 Å². The number of aliphatic carboxylic acids is 1. The number of hydrogen-bond acceptors (Lipinski definition) is 4. The van der Waals surface area contributed by atoms with Gasteiger partial charge in [0.2, 0.25) is 5.91 Å². The van der Waals surface area contributed by atoms with Gasteiger partial charge < -0.3 is 15.3 Å². The van der Waals surface area contributed by atoms with E-state index in [4.69, 9.17) is 5.11 Å². The molecule has 2 N–H and O–H groups in total. The lowest BCUT2D eigenvalue weighted by Gasteiger charge is -2.30. The maximum atomic E-state index is 12.1. The molecule has 0 aromatic rings. The summed E-state index contributed by atoms with van der Waals surface area (Å²) in [6.45, 7) is 3.54. The Morgan fingerprint density at radius 1 is 1.14 bits per heavy atom. The van der Waals surface area contributed by atoms with Gasteiger partial charge in [0.25, 0.3) is 0 Å². The predicted molar refractivity (Wildman–Crippen MR) is 82.2 cm³/mol. The van der Waals surface area contributed by atoms with Crippen molar-refractivity contribution in [2.24, 2.45) is 5.92 Å². The summed E-state index contributed by atoms with van der Waals surface area (Å²) in [5.74, 6) is -0.446. The maximum absolute atomic E-state index is 12.1. The first-order chi connectivity index (χ1) is 9.88. The highest BCUT2D eigenvalue weighted by atomic mass is 16.4. The number of hydrogen-bond donors (Lipinski definition) is 2. The highest BCUT2D eigenvalue weighted by molar-refractivity contribution is 5.79. The van der Waals surface area contributed by atoms with E-state index in [1.54, 1.807) is 4.90 Å². The van der Waals surface area contributed by atoms with E-state index in [1.165, 1.54) is 6.42 Å². The summed E-state index contributed by atoms with van der Waals surface area (Å²) in [7, 11) is 3.87. The standard InChI is InChI=1S/C15H29N3O3/c1-12-6-4-5-7-13(12)16-14(19)10-18(11-15(20)21)9-8-17(2)3/h12-13H,4-11H2,1-3H3,(H,16,19)(H,20,21). The van der Waals surface area contributed by atoms with E-state index in [0.29, 0.717) is 12.5 Å². The molecule has 1 aliphatic carbocycles. The van der Waals surface area contributed by atoms with Gasteiger partial charge in [-0.15, -0.1) is 0 Å². The largest absolute Gasteiger partial charge is 0.480 e. The number of carboxylic acids is 1. The van der Waals surface area contributed by atoms with Crippen molar-refractivity contribution in [1.29, 1.82) is 0 Å². The summed E-state index contributed by atoms with van der Waals surface area (Å²) in [4.78, 5) is 26.7. The molecule has 1 aliphatic rings. The summed E-state index contributed by atoms with van der Waals surface area (Å²) >= 11 is 0. The molecule has 0 aromatic carbocycles. The van der Waals surface area contributed by atoms with Crippen molar-refractivity contribution < 1.29 is 14.7 Å². The first kappa shape index (κ1) is 17.9. The molecule has 0 radical (unpaired) electrons. The van der Waals surface area contributed by atoms with Crippen molar-refractivity contribution >= 4 is 11.9 Å².